The summed E-state index contributed by atoms with van der Waals surface area (Å²) in [7, 11) is 0. The maximum absolute atomic E-state index is 11.3. The molecule has 9 heteroatoms. The van der Waals surface area contributed by atoms with Crippen LogP contribution in [0.5, 0.6) is 0 Å². The van der Waals surface area contributed by atoms with Gasteiger partial charge in [-0.05, 0) is 77.0 Å². The van der Waals surface area contributed by atoms with E-state index in [-0.39, 0.29) is 13.2 Å². The Hall–Kier alpha value is -1.58. The van der Waals surface area contributed by atoms with Gasteiger partial charge in [-0.2, -0.15) is 0 Å². The average molecular weight is 451 g/mol. The molecule has 0 aliphatic rings. The molecule has 0 rings (SSSR count). The second kappa shape index (κ2) is 24.7. The SMILES string of the molecule is O=C(OCCCCCO)OCCCCCOCCCCCOC(=O)OCCCCCO. The lowest BCUT2D eigenvalue weighted by molar-refractivity contribution is 0.0518. The Kier molecular flexibility index (Phi) is 23.4. The van der Waals surface area contributed by atoms with Crippen LogP contribution < -0.4 is 0 Å². The minimum atomic E-state index is -0.629. The fourth-order valence-electron chi connectivity index (χ4n) is 2.55. The molecule has 0 atom stereocenters. The summed E-state index contributed by atoms with van der Waals surface area (Å²) < 4.78 is 25.4. The van der Waals surface area contributed by atoms with Crippen LogP contribution in [-0.4, -0.2) is 75.4 Å². The molecular formula is C22H42O9. The first-order valence-electron chi connectivity index (χ1n) is 11.6. The molecule has 0 saturated carbocycles. The zero-order valence-electron chi connectivity index (χ0n) is 18.9. The van der Waals surface area contributed by atoms with Crippen molar-refractivity contribution in [1.29, 1.82) is 0 Å². The Morgan fingerprint density at radius 3 is 1.03 bits per heavy atom. The Labute approximate surface area is 186 Å². The lowest BCUT2D eigenvalue weighted by atomic mass is 10.2. The van der Waals surface area contributed by atoms with Crippen LogP contribution in [0.4, 0.5) is 9.59 Å². The molecule has 0 spiro atoms. The molecule has 0 aromatic carbocycles. The van der Waals surface area contributed by atoms with E-state index in [1.54, 1.807) is 0 Å². The summed E-state index contributed by atoms with van der Waals surface area (Å²) in [6.07, 6.45) is 8.52. The molecule has 0 fully saturated rings. The molecule has 9 nitrogen and oxygen atoms in total. The van der Waals surface area contributed by atoms with E-state index >= 15 is 0 Å². The summed E-state index contributed by atoms with van der Waals surface area (Å²) >= 11 is 0. The quantitative estimate of drug-likeness (QED) is 0.186. The highest BCUT2D eigenvalue weighted by atomic mass is 16.7. The molecule has 0 amide bonds. The lowest BCUT2D eigenvalue weighted by Crippen LogP contribution is -2.10. The molecule has 0 aliphatic carbocycles. The number of carbonyl (C=O) groups is 2. The lowest BCUT2D eigenvalue weighted by Gasteiger charge is -2.07. The smallest absolute Gasteiger partial charge is 0.434 e. The average Bonchev–Trinajstić information content (AvgIpc) is 2.76. The highest BCUT2D eigenvalue weighted by Gasteiger charge is 2.04. The molecule has 2 N–H and O–H groups in total. The minimum absolute atomic E-state index is 0.162. The molecule has 31 heavy (non-hydrogen) atoms. The van der Waals surface area contributed by atoms with Gasteiger partial charge in [0, 0.05) is 26.4 Å². The fourth-order valence-corrected chi connectivity index (χ4v) is 2.55. The van der Waals surface area contributed by atoms with Crippen LogP contribution in [0.3, 0.4) is 0 Å². The van der Waals surface area contributed by atoms with Crippen LogP contribution in [0, 0.1) is 0 Å². The number of rotatable bonds is 22. The summed E-state index contributed by atoms with van der Waals surface area (Å²) in [5, 5.41) is 17.3. The van der Waals surface area contributed by atoms with Crippen LogP contribution in [0.2, 0.25) is 0 Å². The number of hydrogen-bond acceptors (Lipinski definition) is 9. The van der Waals surface area contributed by atoms with Crippen molar-refractivity contribution < 1.29 is 43.5 Å². The first-order chi connectivity index (χ1) is 15.2. The molecular weight excluding hydrogens is 408 g/mol. The number of carbonyl (C=O) groups excluding carboxylic acids is 2. The van der Waals surface area contributed by atoms with Gasteiger partial charge in [-0.25, -0.2) is 9.59 Å². The monoisotopic (exact) mass is 450 g/mol. The first kappa shape index (κ1) is 29.4. The van der Waals surface area contributed by atoms with Crippen molar-refractivity contribution in [3.8, 4) is 0 Å². The Morgan fingerprint density at radius 2 is 0.710 bits per heavy atom. The standard InChI is InChI=1S/C22H42O9/c23-13-5-1-9-17-28-21(25)30-19-11-3-7-15-27-16-8-4-12-20-31-22(26)29-18-10-2-6-14-24/h23-24H,1-20H2. The van der Waals surface area contributed by atoms with Gasteiger partial charge >= 0.3 is 12.3 Å². The molecule has 184 valence electrons. The van der Waals surface area contributed by atoms with Crippen LogP contribution in [0.1, 0.15) is 77.0 Å². The van der Waals surface area contributed by atoms with Crippen molar-refractivity contribution in [2.24, 2.45) is 0 Å². The maximum atomic E-state index is 11.3. The topological polar surface area (TPSA) is 121 Å². The van der Waals surface area contributed by atoms with Crippen molar-refractivity contribution in [2.75, 3.05) is 52.9 Å². The molecule has 0 aromatic rings. The van der Waals surface area contributed by atoms with Crippen LogP contribution >= 0.6 is 0 Å². The van der Waals surface area contributed by atoms with Gasteiger partial charge in [0.15, 0.2) is 0 Å². The summed E-state index contributed by atoms with van der Waals surface area (Å²) in [6, 6.07) is 0. The van der Waals surface area contributed by atoms with E-state index in [9.17, 15) is 9.59 Å². The molecule has 0 radical (unpaired) electrons. The third-order valence-corrected chi connectivity index (χ3v) is 4.35. The van der Waals surface area contributed by atoms with E-state index in [2.05, 4.69) is 0 Å². The fraction of sp³-hybridized carbons (Fsp3) is 0.909. The third-order valence-electron chi connectivity index (χ3n) is 4.35. The van der Waals surface area contributed by atoms with E-state index in [0.29, 0.717) is 39.6 Å². The molecule has 0 bridgehead atoms. The normalized spacial score (nSPS) is 10.6. The Morgan fingerprint density at radius 1 is 0.419 bits per heavy atom. The zero-order chi connectivity index (χ0) is 22.8. The summed E-state index contributed by atoms with van der Waals surface area (Å²) in [5.74, 6) is 0. The number of ether oxygens (including phenoxy) is 5. The van der Waals surface area contributed by atoms with Crippen molar-refractivity contribution in [1.82, 2.24) is 0 Å². The van der Waals surface area contributed by atoms with Gasteiger partial charge in [0.25, 0.3) is 0 Å². The van der Waals surface area contributed by atoms with Crippen LogP contribution in [0.25, 0.3) is 0 Å². The minimum Gasteiger partial charge on any atom is -0.434 e. The van der Waals surface area contributed by atoms with Gasteiger partial charge in [-0.3, -0.25) is 0 Å². The van der Waals surface area contributed by atoms with Gasteiger partial charge in [0.05, 0.1) is 26.4 Å². The van der Waals surface area contributed by atoms with Crippen molar-refractivity contribution in [3.63, 3.8) is 0 Å². The summed E-state index contributed by atoms with van der Waals surface area (Å²) in [6.45, 7) is 3.03. The predicted octanol–water partition coefficient (Wildman–Crippen LogP) is 3.98. The highest BCUT2D eigenvalue weighted by Crippen LogP contribution is 2.02. The molecule has 0 aliphatic heterocycles. The first-order valence-corrected chi connectivity index (χ1v) is 11.6. The molecule has 0 unspecified atom stereocenters. The zero-order valence-corrected chi connectivity index (χ0v) is 18.9. The van der Waals surface area contributed by atoms with Gasteiger partial charge in [-0.15, -0.1) is 0 Å². The van der Waals surface area contributed by atoms with E-state index in [1.807, 2.05) is 0 Å². The number of unbranched alkanes of at least 4 members (excludes halogenated alkanes) is 8. The van der Waals surface area contributed by atoms with Crippen molar-refractivity contribution in [2.45, 2.75) is 77.0 Å². The van der Waals surface area contributed by atoms with E-state index in [4.69, 9.17) is 33.9 Å². The van der Waals surface area contributed by atoms with Gasteiger partial charge in [0.1, 0.15) is 0 Å². The summed E-state index contributed by atoms with van der Waals surface area (Å²) in [5.41, 5.74) is 0. The van der Waals surface area contributed by atoms with E-state index in [1.165, 1.54) is 0 Å². The van der Waals surface area contributed by atoms with E-state index < -0.39 is 12.3 Å². The summed E-state index contributed by atoms with van der Waals surface area (Å²) in [4.78, 5) is 22.6. The van der Waals surface area contributed by atoms with E-state index in [0.717, 1.165) is 77.0 Å². The highest BCUT2D eigenvalue weighted by molar-refractivity contribution is 5.60. The molecule has 0 aromatic heterocycles. The Bertz CT molecular complexity index is 368. The second-order valence-electron chi connectivity index (χ2n) is 7.20. The predicted molar refractivity (Wildman–Crippen MR) is 115 cm³/mol. The number of aliphatic hydroxyl groups is 2. The van der Waals surface area contributed by atoms with Crippen molar-refractivity contribution >= 4 is 12.3 Å². The Balaban J connectivity index is 3.19. The maximum Gasteiger partial charge on any atom is 0.508 e. The third kappa shape index (κ3) is 24.6. The van der Waals surface area contributed by atoms with Crippen molar-refractivity contribution in [3.05, 3.63) is 0 Å². The number of hydrogen-bond donors (Lipinski definition) is 2. The largest absolute Gasteiger partial charge is 0.508 e. The van der Waals surface area contributed by atoms with Crippen LogP contribution in [-0.2, 0) is 23.7 Å². The van der Waals surface area contributed by atoms with Gasteiger partial charge in [0.2, 0.25) is 0 Å². The number of aliphatic hydroxyl groups excluding tert-OH is 2. The second-order valence-corrected chi connectivity index (χ2v) is 7.20. The van der Waals surface area contributed by atoms with Gasteiger partial charge in [-0.1, -0.05) is 0 Å². The molecule has 0 saturated heterocycles. The van der Waals surface area contributed by atoms with Gasteiger partial charge < -0.3 is 33.9 Å². The van der Waals surface area contributed by atoms with Crippen LogP contribution in [0.15, 0.2) is 0 Å². The molecule has 0 heterocycles.